The van der Waals surface area contributed by atoms with Crippen molar-refractivity contribution in [3.05, 3.63) is 147 Å². The van der Waals surface area contributed by atoms with Gasteiger partial charge in [0.1, 0.15) is 0 Å². The summed E-state index contributed by atoms with van der Waals surface area (Å²) in [5.74, 6) is 0.535. The molecule has 4 aromatic carbocycles. The van der Waals surface area contributed by atoms with Crippen LogP contribution in [0.15, 0.2) is 126 Å². The van der Waals surface area contributed by atoms with E-state index >= 15 is 0 Å². The molecule has 6 aliphatic rings. The zero-order valence-corrected chi connectivity index (χ0v) is 27.5. The van der Waals surface area contributed by atoms with Gasteiger partial charge < -0.3 is 4.90 Å². The third-order valence-electron chi connectivity index (χ3n) is 12.6. The maximum atomic E-state index is 2.71. The lowest BCUT2D eigenvalue weighted by atomic mass is 9.62. The van der Waals surface area contributed by atoms with E-state index in [1.165, 1.54) is 73.4 Å². The lowest BCUT2D eigenvalue weighted by molar-refractivity contribution is 0.517. The molecule has 0 radical (unpaired) electrons. The molecule has 0 spiro atoms. The molecule has 0 bridgehead atoms. The standard InChI is InChI=1S/C45H41N/c1-43(2)35-20-9-10-22-39(35)46-40-23-24-45(34-21-12-16-29-14-6-8-18-33(29)34)27-38(45)41(40)44(3,4)37-26-30(25-36(43)42(37)46)32-19-11-15-28-13-5-7-17-31(28)32/h5-8,10-11,13-19,22-26,38H,9,12,20-21,27H2,1-4H3. The molecule has 10 rings (SSSR count). The monoisotopic (exact) mass is 595 g/mol. The van der Waals surface area contributed by atoms with Gasteiger partial charge in [-0.1, -0.05) is 118 Å². The SMILES string of the molecule is CC1(C)C2=C(C=CCC2)N2C3=C(C4CC4(C4=c5ccccc5=CCC4)C=C3)C(C)(C)c3cc(-c4cccc5ccccc45)cc1c32. The second kappa shape index (κ2) is 8.91. The molecule has 2 atom stereocenters. The highest BCUT2D eigenvalue weighted by Gasteiger charge is 2.62. The van der Waals surface area contributed by atoms with Crippen molar-refractivity contribution in [3.63, 3.8) is 0 Å². The third-order valence-corrected chi connectivity index (χ3v) is 12.6. The van der Waals surface area contributed by atoms with E-state index in [0.29, 0.717) is 5.92 Å². The van der Waals surface area contributed by atoms with Gasteiger partial charge in [-0.2, -0.15) is 0 Å². The van der Waals surface area contributed by atoms with Crippen LogP contribution in [0.1, 0.15) is 70.9 Å². The highest BCUT2D eigenvalue weighted by atomic mass is 15.2. The Hall–Kier alpha value is -4.36. The Morgan fingerprint density at radius 2 is 1.48 bits per heavy atom. The van der Waals surface area contributed by atoms with Crippen LogP contribution in [0, 0.1) is 11.3 Å². The predicted molar refractivity (Wildman–Crippen MR) is 193 cm³/mol. The molecule has 1 nitrogen and oxygen atoms in total. The fourth-order valence-electron chi connectivity index (χ4n) is 10.3. The van der Waals surface area contributed by atoms with Crippen molar-refractivity contribution in [1.29, 1.82) is 0 Å². The third kappa shape index (κ3) is 3.31. The van der Waals surface area contributed by atoms with Crippen molar-refractivity contribution in [2.24, 2.45) is 11.3 Å². The number of nitrogens with zero attached hydrogens (tertiary/aromatic N) is 1. The average Bonchev–Trinajstić information content (AvgIpc) is 3.83. The fourth-order valence-corrected chi connectivity index (χ4v) is 10.3. The van der Waals surface area contributed by atoms with Crippen molar-refractivity contribution in [3.8, 4) is 11.1 Å². The topological polar surface area (TPSA) is 3.24 Å². The number of hydrogen-bond acceptors (Lipinski definition) is 1. The first kappa shape index (κ1) is 26.8. The van der Waals surface area contributed by atoms with E-state index in [2.05, 4.69) is 142 Å². The van der Waals surface area contributed by atoms with Gasteiger partial charge in [0.05, 0.1) is 5.69 Å². The van der Waals surface area contributed by atoms with Gasteiger partial charge in [-0.25, -0.2) is 0 Å². The van der Waals surface area contributed by atoms with Crippen LogP contribution in [0.25, 0.3) is 33.5 Å². The molecule has 2 aliphatic heterocycles. The molecule has 0 aromatic heterocycles. The largest absolute Gasteiger partial charge is 0.310 e. The molecule has 1 fully saturated rings. The molecule has 226 valence electrons. The maximum Gasteiger partial charge on any atom is 0.0543 e. The number of rotatable bonds is 2. The van der Waals surface area contributed by atoms with Gasteiger partial charge in [0, 0.05) is 27.6 Å². The molecular formula is C45H41N. The van der Waals surface area contributed by atoms with Crippen molar-refractivity contribution in [2.45, 2.75) is 70.6 Å². The van der Waals surface area contributed by atoms with E-state index in [1.807, 2.05) is 0 Å². The molecule has 0 amide bonds. The van der Waals surface area contributed by atoms with Crippen LogP contribution in [0.4, 0.5) is 5.69 Å². The Labute approximate surface area is 272 Å². The van der Waals surface area contributed by atoms with Crippen LogP contribution in [0.5, 0.6) is 0 Å². The van der Waals surface area contributed by atoms with E-state index in [4.69, 9.17) is 0 Å². The molecule has 1 heteroatoms. The summed E-state index contributed by atoms with van der Waals surface area (Å²) in [6.07, 6.45) is 18.3. The second-order valence-electron chi connectivity index (χ2n) is 15.6. The van der Waals surface area contributed by atoms with Gasteiger partial charge in [0.25, 0.3) is 0 Å². The number of fused-ring (bicyclic) bond motifs is 6. The van der Waals surface area contributed by atoms with Gasteiger partial charge >= 0.3 is 0 Å². The van der Waals surface area contributed by atoms with E-state index in [9.17, 15) is 0 Å². The summed E-state index contributed by atoms with van der Waals surface area (Å²) in [6.45, 7) is 10.0. The van der Waals surface area contributed by atoms with Crippen LogP contribution < -0.4 is 15.3 Å². The van der Waals surface area contributed by atoms with Crippen LogP contribution >= 0.6 is 0 Å². The Morgan fingerprint density at radius 3 is 2.37 bits per heavy atom. The highest BCUT2D eigenvalue weighted by molar-refractivity contribution is 5.98. The first-order valence-corrected chi connectivity index (χ1v) is 17.4. The minimum absolute atomic E-state index is 0.0463. The Morgan fingerprint density at radius 1 is 0.717 bits per heavy atom. The van der Waals surface area contributed by atoms with Crippen molar-refractivity contribution < 1.29 is 0 Å². The molecule has 4 aliphatic carbocycles. The van der Waals surface area contributed by atoms with Crippen LogP contribution in [0.3, 0.4) is 0 Å². The van der Waals surface area contributed by atoms with E-state index < -0.39 is 0 Å². The van der Waals surface area contributed by atoms with Crippen LogP contribution in [-0.4, -0.2) is 0 Å². The second-order valence-corrected chi connectivity index (χ2v) is 15.6. The van der Waals surface area contributed by atoms with Crippen LogP contribution in [0.2, 0.25) is 0 Å². The summed E-state index contributed by atoms with van der Waals surface area (Å²) in [5, 5.41) is 5.55. The molecule has 2 unspecified atom stereocenters. The molecule has 46 heavy (non-hydrogen) atoms. The lowest BCUT2D eigenvalue weighted by Gasteiger charge is -2.52. The van der Waals surface area contributed by atoms with Gasteiger partial charge in [0.15, 0.2) is 0 Å². The van der Waals surface area contributed by atoms with Crippen molar-refractivity contribution in [2.75, 3.05) is 4.90 Å². The summed E-state index contributed by atoms with van der Waals surface area (Å²) >= 11 is 0. The summed E-state index contributed by atoms with van der Waals surface area (Å²) in [4.78, 5) is 2.71. The fraction of sp³-hybridized carbons (Fsp3) is 0.289. The number of anilines is 1. The van der Waals surface area contributed by atoms with Crippen molar-refractivity contribution >= 4 is 28.1 Å². The van der Waals surface area contributed by atoms with Gasteiger partial charge in [0.2, 0.25) is 0 Å². The highest BCUT2D eigenvalue weighted by Crippen LogP contribution is 2.71. The number of allylic oxidation sites excluding steroid dienone is 6. The zero-order valence-electron chi connectivity index (χ0n) is 27.5. The van der Waals surface area contributed by atoms with Gasteiger partial charge in [-0.05, 0) is 117 Å². The predicted octanol–water partition coefficient (Wildman–Crippen LogP) is 9.76. The molecular weight excluding hydrogens is 555 g/mol. The van der Waals surface area contributed by atoms with E-state index in [-0.39, 0.29) is 16.2 Å². The van der Waals surface area contributed by atoms with E-state index in [0.717, 1.165) is 19.3 Å². The maximum absolute atomic E-state index is 2.71. The summed E-state index contributed by atoms with van der Waals surface area (Å²) < 4.78 is 0. The molecule has 1 saturated carbocycles. The van der Waals surface area contributed by atoms with Crippen LogP contribution in [-0.2, 0) is 10.8 Å². The molecule has 2 heterocycles. The Kier molecular flexibility index (Phi) is 5.20. The summed E-state index contributed by atoms with van der Waals surface area (Å²) in [7, 11) is 0. The summed E-state index contributed by atoms with van der Waals surface area (Å²) in [6, 6.07) is 30.0. The number of benzene rings is 4. The average molecular weight is 596 g/mol. The Balaban J connectivity index is 1.24. The smallest absolute Gasteiger partial charge is 0.0543 e. The minimum atomic E-state index is -0.0961. The first-order chi connectivity index (χ1) is 22.3. The lowest BCUT2D eigenvalue weighted by Crippen LogP contribution is -2.44. The van der Waals surface area contributed by atoms with E-state index in [1.54, 1.807) is 16.7 Å². The molecule has 0 saturated heterocycles. The quantitative estimate of drug-likeness (QED) is 0.223. The van der Waals surface area contributed by atoms with Gasteiger partial charge in [-0.3, -0.25) is 0 Å². The first-order valence-electron chi connectivity index (χ1n) is 17.4. The molecule has 4 aromatic rings. The molecule has 0 N–H and O–H groups in total. The normalized spacial score (nSPS) is 25.8. The Bertz CT molecular complexity index is 2300. The minimum Gasteiger partial charge on any atom is -0.310 e. The zero-order chi connectivity index (χ0) is 31.0. The number of hydrogen-bond donors (Lipinski definition) is 0. The summed E-state index contributed by atoms with van der Waals surface area (Å²) in [5.41, 5.74) is 14.9. The van der Waals surface area contributed by atoms with Crippen molar-refractivity contribution in [1.82, 2.24) is 0 Å². The van der Waals surface area contributed by atoms with Gasteiger partial charge in [-0.15, -0.1) is 0 Å².